The number of amides is 4. The summed E-state index contributed by atoms with van der Waals surface area (Å²) in [5, 5.41) is 3.95. The molecule has 1 saturated heterocycles. The first kappa shape index (κ1) is 32.5. The van der Waals surface area contributed by atoms with Crippen LogP contribution in [0, 0.1) is 0 Å². The van der Waals surface area contributed by atoms with E-state index in [9.17, 15) is 24.0 Å². The number of carbonyl (C=O) groups is 5. The van der Waals surface area contributed by atoms with Crippen molar-refractivity contribution in [1.82, 2.24) is 14.9 Å². The summed E-state index contributed by atoms with van der Waals surface area (Å²) in [6.45, 7) is 11.6. The number of nitrogens with zero attached hydrogens (tertiary/aromatic N) is 6. The van der Waals surface area contributed by atoms with Crippen LogP contribution in [0.15, 0.2) is 5.11 Å². The van der Waals surface area contributed by atoms with Gasteiger partial charge in [0.05, 0.1) is 6.42 Å². The Bertz CT molecular complexity index is 889. The van der Waals surface area contributed by atoms with Crippen molar-refractivity contribution in [1.29, 1.82) is 0 Å². The zero-order valence-corrected chi connectivity index (χ0v) is 23.2. The van der Waals surface area contributed by atoms with E-state index in [4.69, 9.17) is 19.8 Å². The Hall–Kier alpha value is -3.54. The summed E-state index contributed by atoms with van der Waals surface area (Å²) in [6.07, 6.45) is 0.0726. The van der Waals surface area contributed by atoms with Gasteiger partial charge < -0.3 is 24.1 Å². The minimum Gasteiger partial charge on any atom is -0.444 e. The van der Waals surface area contributed by atoms with E-state index in [0.717, 1.165) is 0 Å². The Kier molecular flexibility index (Phi) is 12.8. The molecule has 38 heavy (non-hydrogen) atoms. The predicted molar refractivity (Wildman–Crippen MR) is 135 cm³/mol. The Labute approximate surface area is 223 Å². The van der Waals surface area contributed by atoms with E-state index in [-0.39, 0.29) is 38.9 Å². The van der Waals surface area contributed by atoms with Crippen LogP contribution in [-0.2, 0) is 28.7 Å². The van der Waals surface area contributed by atoms with Crippen molar-refractivity contribution < 1.29 is 38.3 Å². The number of azide groups is 1. The fraction of sp³-hybridized carbons (Fsp3) is 0.792. The van der Waals surface area contributed by atoms with Crippen LogP contribution in [0.5, 0.6) is 0 Å². The van der Waals surface area contributed by atoms with Crippen LogP contribution in [0.3, 0.4) is 0 Å². The molecule has 0 aromatic heterocycles. The minimum absolute atomic E-state index is 0.0119. The van der Waals surface area contributed by atoms with E-state index in [1.165, 1.54) is 9.80 Å². The molecule has 1 aliphatic rings. The molecule has 0 saturated carbocycles. The summed E-state index contributed by atoms with van der Waals surface area (Å²) in [5.41, 5.74) is 7.02. The quantitative estimate of drug-likeness (QED) is 0.111. The van der Waals surface area contributed by atoms with Crippen LogP contribution < -0.4 is 0 Å². The summed E-state index contributed by atoms with van der Waals surface area (Å²) in [7, 11) is 0. The fourth-order valence-electron chi connectivity index (χ4n) is 3.26. The van der Waals surface area contributed by atoms with E-state index in [0.29, 0.717) is 37.4 Å². The van der Waals surface area contributed by atoms with E-state index in [2.05, 4.69) is 10.0 Å². The maximum absolute atomic E-state index is 12.7. The lowest BCUT2D eigenvalue weighted by molar-refractivity contribution is -0.197. The van der Waals surface area contributed by atoms with Gasteiger partial charge in [-0.25, -0.2) is 14.4 Å². The SMILES string of the molecule is CC(C)(C)OC(=O)N(CCCCN(CCC(=O)ON1C(=O)CCC1=O)C(=O)OC(C)(C)C)CCCN=[N+]=[N-]. The molecule has 1 heterocycles. The summed E-state index contributed by atoms with van der Waals surface area (Å²) < 4.78 is 10.9. The highest BCUT2D eigenvalue weighted by atomic mass is 16.7. The number of carbonyl (C=O) groups excluding carboxylic acids is 5. The molecule has 0 radical (unpaired) electrons. The van der Waals surface area contributed by atoms with Gasteiger partial charge in [-0.3, -0.25) is 9.59 Å². The molecule has 0 N–H and O–H groups in total. The van der Waals surface area contributed by atoms with Crippen LogP contribution in [-0.4, -0.2) is 88.8 Å². The monoisotopic (exact) mass is 540 g/mol. The molecule has 4 amide bonds. The number of unbranched alkanes of at least 4 members (excludes halogenated alkanes) is 1. The molecule has 0 atom stereocenters. The molecule has 214 valence electrons. The number of hydrogen-bond donors (Lipinski definition) is 0. The standard InChI is InChI=1S/C24H40N6O8/c1-23(2,3)36-21(34)28(16-9-13-26-27-25)14-7-8-15-29(22(35)37-24(4,5)6)17-12-20(33)38-30-18(31)10-11-19(30)32/h7-17H2,1-6H3. The highest BCUT2D eigenvalue weighted by Crippen LogP contribution is 2.15. The second-order valence-electron chi connectivity index (χ2n) is 10.7. The number of rotatable bonds is 13. The van der Waals surface area contributed by atoms with Gasteiger partial charge in [0.15, 0.2) is 0 Å². The number of hydrogen-bond acceptors (Lipinski definition) is 9. The average molecular weight is 541 g/mol. The van der Waals surface area contributed by atoms with Gasteiger partial charge in [-0.1, -0.05) is 5.11 Å². The molecule has 0 spiro atoms. The first-order valence-corrected chi connectivity index (χ1v) is 12.7. The highest BCUT2D eigenvalue weighted by Gasteiger charge is 2.33. The first-order valence-electron chi connectivity index (χ1n) is 12.7. The molecule has 1 rings (SSSR count). The molecular formula is C24H40N6O8. The van der Waals surface area contributed by atoms with Crippen molar-refractivity contribution in [3.8, 4) is 0 Å². The van der Waals surface area contributed by atoms with Crippen molar-refractivity contribution in [2.24, 2.45) is 5.11 Å². The Morgan fingerprint density at radius 3 is 1.74 bits per heavy atom. The van der Waals surface area contributed by atoms with Crippen LogP contribution in [0.4, 0.5) is 9.59 Å². The number of ether oxygens (including phenoxy) is 2. The summed E-state index contributed by atoms with van der Waals surface area (Å²) in [4.78, 5) is 71.3. The van der Waals surface area contributed by atoms with Gasteiger partial charge in [0.1, 0.15) is 11.2 Å². The molecule has 0 aromatic carbocycles. The molecule has 14 nitrogen and oxygen atoms in total. The van der Waals surface area contributed by atoms with Crippen LogP contribution in [0.1, 0.15) is 80.1 Å². The zero-order chi connectivity index (χ0) is 28.9. The number of imide groups is 1. The maximum atomic E-state index is 12.7. The summed E-state index contributed by atoms with van der Waals surface area (Å²) in [6, 6.07) is 0. The van der Waals surface area contributed by atoms with Crippen molar-refractivity contribution in [3.63, 3.8) is 0 Å². The normalized spacial score (nSPS) is 13.6. The lowest BCUT2D eigenvalue weighted by Crippen LogP contribution is -2.40. The Morgan fingerprint density at radius 1 is 0.842 bits per heavy atom. The van der Waals surface area contributed by atoms with Crippen LogP contribution in [0.25, 0.3) is 10.4 Å². The molecule has 0 unspecified atom stereocenters. The van der Waals surface area contributed by atoms with E-state index < -0.39 is 41.2 Å². The third-order valence-electron chi connectivity index (χ3n) is 4.94. The first-order chi connectivity index (χ1) is 17.6. The molecule has 0 aliphatic carbocycles. The van der Waals surface area contributed by atoms with Crippen molar-refractivity contribution in [2.45, 2.75) is 91.3 Å². The van der Waals surface area contributed by atoms with E-state index >= 15 is 0 Å². The zero-order valence-electron chi connectivity index (χ0n) is 23.2. The molecular weight excluding hydrogens is 500 g/mol. The van der Waals surface area contributed by atoms with E-state index in [1.807, 2.05) is 0 Å². The second-order valence-corrected chi connectivity index (χ2v) is 10.7. The predicted octanol–water partition coefficient (Wildman–Crippen LogP) is 3.94. The highest BCUT2D eigenvalue weighted by molar-refractivity contribution is 6.01. The van der Waals surface area contributed by atoms with E-state index in [1.54, 1.807) is 41.5 Å². The smallest absolute Gasteiger partial charge is 0.410 e. The van der Waals surface area contributed by atoms with Gasteiger partial charge in [0, 0.05) is 50.5 Å². The van der Waals surface area contributed by atoms with Gasteiger partial charge >= 0.3 is 18.2 Å². The lowest BCUT2D eigenvalue weighted by atomic mass is 10.2. The molecule has 0 aromatic rings. The molecule has 1 fully saturated rings. The van der Waals surface area contributed by atoms with Gasteiger partial charge in [0.2, 0.25) is 0 Å². The summed E-state index contributed by atoms with van der Waals surface area (Å²) in [5.74, 6) is -1.99. The Morgan fingerprint density at radius 2 is 1.29 bits per heavy atom. The van der Waals surface area contributed by atoms with Gasteiger partial charge in [-0.2, -0.15) is 0 Å². The topological polar surface area (TPSA) is 172 Å². The average Bonchev–Trinajstić information content (AvgIpc) is 3.09. The van der Waals surface area contributed by atoms with Crippen LogP contribution >= 0.6 is 0 Å². The molecule has 0 bridgehead atoms. The van der Waals surface area contributed by atoms with Gasteiger partial charge in [-0.15, -0.1) is 5.06 Å². The minimum atomic E-state index is -0.821. The van der Waals surface area contributed by atoms with Gasteiger partial charge in [0.25, 0.3) is 11.8 Å². The van der Waals surface area contributed by atoms with Crippen molar-refractivity contribution >= 4 is 30.0 Å². The largest absolute Gasteiger partial charge is 0.444 e. The lowest BCUT2D eigenvalue weighted by Gasteiger charge is -2.29. The third-order valence-corrected chi connectivity index (χ3v) is 4.94. The van der Waals surface area contributed by atoms with Crippen molar-refractivity contribution in [2.75, 3.05) is 32.7 Å². The fourth-order valence-corrected chi connectivity index (χ4v) is 3.26. The Balaban J connectivity index is 2.71. The maximum Gasteiger partial charge on any atom is 0.410 e. The number of hydroxylamine groups is 2. The second kappa shape index (κ2) is 15.0. The van der Waals surface area contributed by atoms with Crippen LogP contribution in [0.2, 0.25) is 0 Å². The third kappa shape index (κ3) is 13.1. The van der Waals surface area contributed by atoms with Gasteiger partial charge in [-0.05, 0) is 66.3 Å². The molecule has 14 heteroatoms. The molecule has 1 aliphatic heterocycles. The van der Waals surface area contributed by atoms with Crippen molar-refractivity contribution in [3.05, 3.63) is 10.4 Å². The summed E-state index contributed by atoms with van der Waals surface area (Å²) >= 11 is 0.